The summed E-state index contributed by atoms with van der Waals surface area (Å²) in [5.74, 6) is -1.46. The van der Waals surface area contributed by atoms with Crippen molar-refractivity contribution in [1.82, 2.24) is 10.3 Å². The van der Waals surface area contributed by atoms with Gasteiger partial charge < -0.3 is 10.4 Å². The second kappa shape index (κ2) is 6.65. The minimum Gasteiger partial charge on any atom is -0.479 e. The summed E-state index contributed by atoms with van der Waals surface area (Å²) in [5, 5.41) is 11.8. The molecule has 108 valence electrons. The van der Waals surface area contributed by atoms with Gasteiger partial charge in [-0.1, -0.05) is 36.4 Å². The van der Waals surface area contributed by atoms with Crippen molar-refractivity contribution < 1.29 is 14.7 Å². The maximum atomic E-state index is 12.0. The number of amides is 1. The fraction of sp³-hybridized carbons (Fsp3) is 0.188. The minimum absolute atomic E-state index is 0.0588. The van der Waals surface area contributed by atoms with Crippen LogP contribution in [-0.4, -0.2) is 22.0 Å². The third-order valence-corrected chi connectivity index (χ3v) is 3.13. The number of rotatable bonds is 5. The van der Waals surface area contributed by atoms with Crippen molar-refractivity contribution in [2.45, 2.75) is 19.4 Å². The largest absolute Gasteiger partial charge is 0.479 e. The van der Waals surface area contributed by atoms with Gasteiger partial charge in [-0.2, -0.15) is 0 Å². The van der Waals surface area contributed by atoms with Crippen molar-refractivity contribution in [1.29, 1.82) is 0 Å². The van der Waals surface area contributed by atoms with E-state index in [-0.39, 0.29) is 12.3 Å². The van der Waals surface area contributed by atoms with Gasteiger partial charge >= 0.3 is 5.97 Å². The smallest absolute Gasteiger partial charge is 0.330 e. The van der Waals surface area contributed by atoms with Crippen LogP contribution < -0.4 is 5.32 Å². The van der Waals surface area contributed by atoms with E-state index in [9.17, 15) is 14.7 Å². The van der Waals surface area contributed by atoms with E-state index in [2.05, 4.69) is 10.3 Å². The molecule has 0 spiro atoms. The number of aryl methyl sites for hydroxylation is 1. The molecule has 2 N–H and O–H groups in total. The second-order valence-corrected chi connectivity index (χ2v) is 4.69. The Kier molecular flexibility index (Phi) is 4.66. The molecule has 0 fully saturated rings. The number of hydrogen-bond acceptors (Lipinski definition) is 3. The lowest BCUT2D eigenvalue weighted by Crippen LogP contribution is -2.35. The molecule has 1 aromatic heterocycles. The van der Waals surface area contributed by atoms with Gasteiger partial charge in [0.1, 0.15) is 0 Å². The first-order valence-electron chi connectivity index (χ1n) is 6.55. The maximum absolute atomic E-state index is 12.0. The number of carbonyl (C=O) groups excluding carboxylic acids is 1. The lowest BCUT2D eigenvalue weighted by atomic mass is 10.1. The highest BCUT2D eigenvalue weighted by Gasteiger charge is 2.22. The summed E-state index contributed by atoms with van der Waals surface area (Å²) in [6, 6.07) is 11.2. The molecule has 0 bridgehead atoms. The first-order chi connectivity index (χ1) is 10.1. The molecule has 0 radical (unpaired) electrons. The molecule has 5 heteroatoms. The van der Waals surface area contributed by atoms with Gasteiger partial charge in [-0.25, -0.2) is 4.79 Å². The zero-order valence-corrected chi connectivity index (χ0v) is 11.6. The van der Waals surface area contributed by atoms with Crippen LogP contribution in [0.1, 0.15) is 22.9 Å². The normalized spacial score (nSPS) is 11.7. The molecule has 0 saturated heterocycles. The van der Waals surface area contributed by atoms with Gasteiger partial charge in [-0.3, -0.25) is 9.78 Å². The summed E-state index contributed by atoms with van der Waals surface area (Å²) in [6.45, 7) is 1.86. The number of aromatic nitrogens is 1. The lowest BCUT2D eigenvalue weighted by Gasteiger charge is -2.15. The van der Waals surface area contributed by atoms with Crippen LogP contribution >= 0.6 is 0 Å². The van der Waals surface area contributed by atoms with Gasteiger partial charge in [-0.15, -0.1) is 0 Å². The number of hydrogen-bond donors (Lipinski definition) is 2. The number of benzene rings is 1. The Labute approximate surface area is 122 Å². The van der Waals surface area contributed by atoms with Gasteiger partial charge in [0.15, 0.2) is 6.04 Å². The number of carbonyl (C=O) groups is 2. The molecule has 0 unspecified atom stereocenters. The molecule has 1 atom stereocenters. The Balaban J connectivity index is 2.10. The molecule has 2 aromatic rings. The predicted octanol–water partition coefficient (Wildman–Crippen LogP) is 1.87. The standard InChI is InChI=1S/C16H16N2O3/c1-11-6-5-9-17-13(11)10-14(19)18-15(16(20)21)12-7-3-2-4-8-12/h2-9,15H,10H2,1H3,(H,18,19)(H,20,21)/t15-/m0/s1. The molecule has 1 amide bonds. The fourth-order valence-electron chi connectivity index (χ4n) is 2.00. The highest BCUT2D eigenvalue weighted by Crippen LogP contribution is 2.13. The molecule has 1 aromatic carbocycles. The number of pyridine rings is 1. The number of nitrogens with one attached hydrogen (secondary N) is 1. The monoisotopic (exact) mass is 284 g/mol. The Morgan fingerprint density at radius 3 is 2.52 bits per heavy atom. The quantitative estimate of drug-likeness (QED) is 0.878. The van der Waals surface area contributed by atoms with E-state index in [0.29, 0.717) is 11.3 Å². The van der Waals surface area contributed by atoms with Crippen molar-refractivity contribution in [2.75, 3.05) is 0 Å². The molecule has 0 aliphatic rings. The molecule has 0 aliphatic heterocycles. The minimum atomic E-state index is -1.09. The SMILES string of the molecule is Cc1cccnc1CC(=O)N[C@H](C(=O)O)c1ccccc1. The second-order valence-electron chi connectivity index (χ2n) is 4.69. The summed E-state index contributed by atoms with van der Waals surface area (Å²) in [4.78, 5) is 27.5. The van der Waals surface area contributed by atoms with Crippen LogP contribution in [0.15, 0.2) is 48.7 Å². The van der Waals surface area contributed by atoms with Crippen LogP contribution in [0.5, 0.6) is 0 Å². The summed E-state index contributed by atoms with van der Waals surface area (Å²) in [7, 11) is 0. The zero-order valence-electron chi connectivity index (χ0n) is 11.6. The Hall–Kier alpha value is -2.69. The maximum Gasteiger partial charge on any atom is 0.330 e. The van der Waals surface area contributed by atoms with E-state index in [1.54, 1.807) is 42.6 Å². The fourth-order valence-corrected chi connectivity index (χ4v) is 2.00. The van der Waals surface area contributed by atoms with E-state index in [0.717, 1.165) is 5.56 Å². The van der Waals surface area contributed by atoms with E-state index in [4.69, 9.17) is 0 Å². The van der Waals surface area contributed by atoms with Crippen molar-refractivity contribution in [3.8, 4) is 0 Å². The lowest BCUT2D eigenvalue weighted by molar-refractivity contribution is -0.142. The number of nitrogens with zero attached hydrogens (tertiary/aromatic N) is 1. The van der Waals surface area contributed by atoms with Gasteiger partial charge in [0, 0.05) is 6.20 Å². The molecular formula is C16H16N2O3. The van der Waals surface area contributed by atoms with Crippen molar-refractivity contribution in [3.63, 3.8) is 0 Å². The Morgan fingerprint density at radius 2 is 1.90 bits per heavy atom. The summed E-state index contributed by atoms with van der Waals surface area (Å²) >= 11 is 0. The molecule has 1 heterocycles. The summed E-state index contributed by atoms with van der Waals surface area (Å²) in [5.41, 5.74) is 2.09. The number of aliphatic carboxylic acids is 1. The average Bonchev–Trinajstić information content (AvgIpc) is 2.48. The van der Waals surface area contributed by atoms with E-state index in [1.807, 2.05) is 13.0 Å². The van der Waals surface area contributed by atoms with Crippen LogP contribution in [-0.2, 0) is 16.0 Å². The molecular weight excluding hydrogens is 268 g/mol. The Bertz CT molecular complexity index is 641. The van der Waals surface area contributed by atoms with Gasteiger partial charge in [0.05, 0.1) is 12.1 Å². The van der Waals surface area contributed by atoms with E-state index >= 15 is 0 Å². The molecule has 21 heavy (non-hydrogen) atoms. The topological polar surface area (TPSA) is 79.3 Å². The van der Waals surface area contributed by atoms with Crippen molar-refractivity contribution in [3.05, 3.63) is 65.5 Å². The highest BCUT2D eigenvalue weighted by molar-refractivity contribution is 5.85. The third kappa shape index (κ3) is 3.89. The van der Waals surface area contributed by atoms with Crippen molar-refractivity contribution >= 4 is 11.9 Å². The zero-order chi connectivity index (χ0) is 15.2. The van der Waals surface area contributed by atoms with Crippen LogP contribution in [0.3, 0.4) is 0 Å². The summed E-state index contributed by atoms with van der Waals surface area (Å²) in [6.07, 6.45) is 1.67. The van der Waals surface area contributed by atoms with Gasteiger partial charge in [0.2, 0.25) is 5.91 Å². The van der Waals surface area contributed by atoms with Gasteiger partial charge in [0.25, 0.3) is 0 Å². The van der Waals surface area contributed by atoms with E-state index in [1.165, 1.54) is 0 Å². The number of carboxylic acids is 1. The van der Waals surface area contributed by atoms with Crippen LogP contribution in [0, 0.1) is 6.92 Å². The first kappa shape index (κ1) is 14.7. The van der Waals surface area contributed by atoms with Crippen LogP contribution in [0.25, 0.3) is 0 Å². The summed E-state index contributed by atoms with van der Waals surface area (Å²) < 4.78 is 0. The Morgan fingerprint density at radius 1 is 1.19 bits per heavy atom. The molecule has 0 aliphatic carbocycles. The number of carboxylic acid groups (broad SMARTS) is 1. The third-order valence-electron chi connectivity index (χ3n) is 3.13. The molecule has 2 rings (SSSR count). The van der Waals surface area contributed by atoms with E-state index < -0.39 is 12.0 Å². The van der Waals surface area contributed by atoms with Crippen molar-refractivity contribution in [2.24, 2.45) is 0 Å². The van der Waals surface area contributed by atoms with Crippen LogP contribution in [0.4, 0.5) is 0 Å². The molecule has 5 nitrogen and oxygen atoms in total. The first-order valence-corrected chi connectivity index (χ1v) is 6.55. The molecule has 0 saturated carbocycles. The predicted molar refractivity (Wildman–Crippen MR) is 77.6 cm³/mol. The average molecular weight is 284 g/mol. The van der Waals surface area contributed by atoms with Crippen LogP contribution in [0.2, 0.25) is 0 Å². The highest BCUT2D eigenvalue weighted by atomic mass is 16.4. The van der Waals surface area contributed by atoms with Gasteiger partial charge in [-0.05, 0) is 24.1 Å².